The van der Waals surface area contributed by atoms with Gasteiger partial charge in [-0.1, -0.05) is 0 Å². The number of aryl methyl sites for hydroxylation is 1. The Bertz CT molecular complexity index is 520. The minimum absolute atomic E-state index is 0.114. The number of rotatable bonds is 2. The van der Waals surface area contributed by atoms with Gasteiger partial charge in [0.1, 0.15) is 23.2 Å². The highest BCUT2D eigenvalue weighted by atomic mass is 19.1. The molecule has 0 saturated heterocycles. The van der Waals surface area contributed by atoms with Gasteiger partial charge in [0.25, 0.3) is 0 Å². The SMILES string of the molecule is Cc1cc(F)c(-c2ccc(CN)o2)cc1F. The van der Waals surface area contributed by atoms with Crippen LogP contribution in [0.25, 0.3) is 11.3 Å². The third-order valence-electron chi connectivity index (χ3n) is 2.38. The van der Waals surface area contributed by atoms with Crippen LogP contribution in [0, 0.1) is 18.6 Å². The predicted molar refractivity (Wildman–Crippen MR) is 56.7 cm³/mol. The minimum atomic E-state index is -0.503. The summed E-state index contributed by atoms with van der Waals surface area (Å²) in [6, 6.07) is 5.50. The number of benzene rings is 1. The predicted octanol–water partition coefficient (Wildman–Crippen LogP) is 2.99. The molecule has 1 aromatic carbocycles. The van der Waals surface area contributed by atoms with Crippen molar-refractivity contribution in [3.63, 3.8) is 0 Å². The first-order valence-electron chi connectivity index (χ1n) is 4.86. The maximum Gasteiger partial charge on any atom is 0.137 e. The zero-order valence-electron chi connectivity index (χ0n) is 8.76. The first-order chi connectivity index (χ1) is 7.61. The van der Waals surface area contributed by atoms with Crippen LogP contribution >= 0.6 is 0 Å². The highest BCUT2D eigenvalue weighted by Gasteiger charge is 2.12. The Hall–Kier alpha value is -1.68. The summed E-state index contributed by atoms with van der Waals surface area (Å²) in [6.45, 7) is 1.74. The third-order valence-corrected chi connectivity index (χ3v) is 2.38. The lowest BCUT2D eigenvalue weighted by Gasteiger charge is -2.02. The number of hydrogen-bond acceptors (Lipinski definition) is 2. The molecule has 2 N–H and O–H groups in total. The van der Waals surface area contributed by atoms with Crippen LogP contribution in [-0.4, -0.2) is 0 Å². The van der Waals surface area contributed by atoms with Crippen molar-refractivity contribution in [3.05, 3.63) is 47.2 Å². The molecule has 0 radical (unpaired) electrons. The second-order valence-corrected chi connectivity index (χ2v) is 3.55. The zero-order chi connectivity index (χ0) is 11.7. The Labute approximate surface area is 91.7 Å². The average Bonchev–Trinajstić information content (AvgIpc) is 2.71. The van der Waals surface area contributed by atoms with E-state index in [9.17, 15) is 8.78 Å². The number of furan rings is 1. The van der Waals surface area contributed by atoms with E-state index in [1.54, 1.807) is 12.1 Å². The molecule has 2 aromatic rings. The second-order valence-electron chi connectivity index (χ2n) is 3.55. The monoisotopic (exact) mass is 223 g/mol. The molecular weight excluding hydrogens is 212 g/mol. The van der Waals surface area contributed by atoms with Gasteiger partial charge in [0.2, 0.25) is 0 Å². The van der Waals surface area contributed by atoms with Gasteiger partial charge in [0.05, 0.1) is 12.1 Å². The van der Waals surface area contributed by atoms with Crippen molar-refractivity contribution >= 4 is 0 Å². The molecule has 0 fully saturated rings. The summed E-state index contributed by atoms with van der Waals surface area (Å²) in [7, 11) is 0. The number of halogens is 2. The van der Waals surface area contributed by atoms with E-state index >= 15 is 0 Å². The molecule has 0 aliphatic rings. The standard InChI is InChI=1S/C12H11F2NO/c1-7-4-11(14)9(5-10(7)13)12-3-2-8(6-15)16-12/h2-5H,6,15H2,1H3. The van der Waals surface area contributed by atoms with Crippen LogP contribution < -0.4 is 5.73 Å². The molecule has 2 nitrogen and oxygen atoms in total. The summed E-state index contributed by atoms with van der Waals surface area (Å²) in [6.07, 6.45) is 0. The highest BCUT2D eigenvalue weighted by molar-refractivity contribution is 5.59. The van der Waals surface area contributed by atoms with Crippen molar-refractivity contribution in [1.29, 1.82) is 0 Å². The highest BCUT2D eigenvalue weighted by Crippen LogP contribution is 2.27. The van der Waals surface area contributed by atoms with Gasteiger partial charge in [-0.15, -0.1) is 0 Å². The molecule has 1 heterocycles. The molecule has 0 aliphatic heterocycles. The molecule has 4 heteroatoms. The maximum absolute atomic E-state index is 13.6. The molecule has 0 atom stereocenters. The molecule has 16 heavy (non-hydrogen) atoms. The lowest BCUT2D eigenvalue weighted by atomic mass is 10.1. The van der Waals surface area contributed by atoms with Crippen molar-refractivity contribution in [1.82, 2.24) is 0 Å². The van der Waals surface area contributed by atoms with E-state index in [1.807, 2.05) is 0 Å². The van der Waals surface area contributed by atoms with Crippen LogP contribution in [0.15, 0.2) is 28.7 Å². The van der Waals surface area contributed by atoms with Gasteiger partial charge in [-0.3, -0.25) is 0 Å². The molecular formula is C12H11F2NO. The summed E-state index contributed by atoms with van der Waals surface area (Å²) in [5, 5.41) is 0. The minimum Gasteiger partial charge on any atom is -0.460 e. The molecule has 1 aromatic heterocycles. The number of nitrogens with two attached hydrogens (primary N) is 1. The summed E-state index contributed by atoms with van der Waals surface area (Å²) in [5.41, 5.74) is 5.76. The van der Waals surface area contributed by atoms with Gasteiger partial charge in [-0.2, -0.15) is 0 Å². The summed E-state index contributed by atoms with van der Waals surface area (Å²) in [5.74, 6) is -0.133. The molecule has 0 bridgehead atoms. The summed E-state index contributed by atoms with van der Waals surface area (Å²) < 4.78 is 32.1. The van der Waals surface area contributed by atoms with Crippen molar-refractivity contribution < 1.29 is 13.2 Å². The van der Waals surface area contributed by atoms with Gasteiger partial charge >= 0.3 is 0 Å². The van der Waals surface area contributed by atoms with Crippen molar-refractivity contribution in [2.75, 3.05) is 0 Å². The van der Waals surface area contributed by atoms with Gasteiger partial charge in [0, 0.05) is 0 Å². The topological polar surface area (TPSA) is 39.2 Å². The average molecular weight is 223 g/mol. The molecule has 84 valence electrons. The van der Waals surface area contributed by atoms with Crippen LogP contribution in [-0.2, 0) is 6.54 Å². The van der Waals surface area contributed by atoms with Crippen LogP contribution in [0.5, 0.6) is 0 Å². The maximum atomic E-state index is 13.6. The third kappa shape index (κ3) is 1.84. The largest absolute Gasteiger partial charge is 0.460 e. The van der Waals surface area contributed by atoms with E-state index < -0.39 is 11.6 Å². The van der Waals surface area contributed by atoms with Crippen LogP contribution in [0.2, 0.25) is 0 Å². The molecule has 2 rings (SSSR count). The van der Waals surface area contributed by atoms with Gasteiger partial charge in [0.15, 0.2) is 0 Å². The Morgan fingerprint density at radius 2 is 1.94 bits per heavy atom. The Kier molecular flexibility index (Phi) is 2.75. The van der Waals surface area contributed by atoms with Gasteiger partial charge < -0.3 is 10.2 Å². The van der Waals surface area contributed by atoms with Crippen LogP contribution in [0.4, 0.5) is 8.78 Å². The molecule has 0 unspecified atom stereocenters. The van der Waals surface area contributed by atoms with Crippen molar-refractivity contribution in [2.24, 2.45) is 5.73 Å². The fraction of sp³-hybridized carbons (Fsp3) is 0.167. The molecule has 0 saturated carbocycles. The lowest BCUT2D eigenvalue weighted by Crippen LogP contribution is -1.93. The smallest absolute Gasteiger partial charge is 0.137 e. The van der Waals surface area contributed by atoms with E-state index in [0.717, 1.165) is 12.1 Å². The van der Waals surface area contributed by atoms with E-state index in [-0.39, 0.29) is 23.4 Å². The van der Waals surface area contributed by atoms with E-state index in [0.29, 0.717) is 5.76 Å². The number of hydrogen-bond donors (Lipinski definition) is 1. The zero-order valence-corrected chi connectivity index (χ0v) is 8.76. The molecule has 0 aliphatic carbocycles. The van der Waals surface area contributed by atoms with Gasteiger partial charge in [-0.25, -0.2) is 8.78 Å². The fourth-order valence-corrected chi connectivity index (χ4v) is 1.47. The van der Waals surface area contributed by atoms with E-state index in [2.05, 4.69) is 0 Å². The summed E-state index contributed by atoms with van der Waals surface area (Å²) >= 11 is 0. The van der Waals surface area contributed by atoms with E-state index in [1.165, 1.54) is 6.92 Å². The molecule has 0 amide bonds. The first-order valence-corrected chi connectivity index (χ1v) is 4.86. The van der Waals surface area contributed by atoms with Crippen LogP contribution in [0.1, 0.15) is 11.3 Å². The van der Waals surface area contributed by atoms with E-state index in [4.69, 9.17) is 10.2 Å². The van der Waals surface area contributed by atoms with Crippen molar-refractivity contribution in [2.45, 2.75) is 13.5 Å². The summed E-state index contributed by atoms with van der Waals surface area (Å²) in [4.78, 5) is 0. The Morgan fingerprint density at radius 3 is 2.56 bits per heavy atom. The Morgan fingerprint density at radius 1 is 1.19 bits per heavy atom. The normalized spacial score (nSPS) is 10.8. The lowest BCUT2D eigenvalue weighted by molar-refractivity contribution is 0.517. The fourth-order valence-electron chi connectivity index (χ4n) is 1.47. The second kappa shape index (κ2) is 4.06. The first kappa shape index (κ1) is 10.8. The van der Waals surface area contributed by atoms with Gasteiger partial charge in [-0.05, 0) is 36.8 Å². The molecule has 0 spiro atoms. The van der Waals surface area contributed by atoms with Crippen LogP contribution in [0.3, 0.4) is 0 Å². The van der Waals surface area contributed by atoms with Crippen molar-refractivity contribution in [3.8, 4) is 11.3 Å². The quantitative estimate of drug-likeness (QED) is 0.850. The Balaban J connectivity index is 2.51.